The van der Waals surface area contributed by atoms with E-state index in [9.17, 15) is 9.18 Å². The molecule has 4 aromatic heterocycles. The Balaban J connectivity index is 1.09. The molecule has 0 spiro atoms. The fraction of sp³-hybridized carbons (Fsp3) is 0.286. The number of likely N-dealkylation sites (tertiary alicyclic amines) is 1. The molecule has 6 aromatic rings. The van der Waals surface area contributed by atoms with Crippen molar-refractivity contribution < 1.29 is 13.9 Å². The van der Waals surface area contributed by atoms with Gasteiger partial charge in [-0.2, -0.15) is 5.10 Å². The normalized spacial score (nSPS) is 15.4. The lowest BCUT2D eigenvalue weighted by Gasteiger charge is -2.24. The van der Waals surface area contributed by atoms with Gasteiger partial charge in [-0.05, 0) is 80.7 Å². The molecule has 1 aliphatic carbocycles. The summed E-state index contributed by atoms with van der Waals surface area (Å²) in [5, 5.41) is 11.6. The van der Waals surface area contributed by atoms with Crippen LogP contribution in [-0.2, 0) is 4.79 Å². The molecule has 1 saturated carbocycles. The number of hydrogen-bond acceptors (Lipinski definition) is 7. The van der Waals surface area contributed by atoms with E-state index in [0.29, 0.717) is 46.3 Å². The molecule has 10 nitrogen and oxygen atoms in total. The van der Waals surface area contributed by atoms with E-state index in [0.717, 1.165) is 66.4 Å². The van der Waals surface area contributed by atoms with E-state index in [1.54, 1.807) is 18.6 Å². The molecule has 5 heterocycles. The average Bonchev–Trinajstić information content (AvgIpc) is 3.79. The Kier molecular flexibility index (Phi) is 7.37. The molecular formula is C35H33FN8O2. The highest BCUT2D eigenvalue weighted by molar-refractivity contribution is 5.98. The number of aromatic amines is 2. The molecular weight excluding hydrogens is 583 g/mol. The molecule has 2 aliphatic rings. The standard InChI is InChI=1S/C35H33FN8O2/c36-25-14-23(16-27(18-25)46-13-12-44-10-1-2-11-44)31-33-30(8-9-38-31)40-34(41-33)32-28-17-22(6-7-29(28)42-43-32)24-15-26(20-37-19-24)39-35(45)21-4-3-5-21/h6-9,14-21H,1-5,10-13H2,(H,39,45)(H,40,41)(H,42,43). The number of H-pyrrole nitrogens is 2. The zero-order chi connectivity index (χ0) is 31.0. The topological polar surface area (TPSA) is 125 Å². The van der Waals surface area contributed by atoms with E-state index in [4.69, 9.17) is 9.72 Å². The van der Waals surface area contributed by atoms with Crippen LogP contribution < -0.4 is 10.1 Å². The van der Waals surface area contributed by atoms with Crippen molar-refractivity contribution in [2.75, 3.05) is 31.6 Å². The van der Waals surface area contributed by atoms with Crippen LogP contribution in [0.4, 0.5) is 10.1 Å². The van der Waals surface area contributed by atoms with Crippen molar-refractivity contribution in [3.05, 3.63) is 72.9 Å². The van der Waals surface area contributed by atoms with Crippen molar-refractivity contribution in [3.63, 3.8) is 0 Å². The van der Waals surface area contributed by atoms with Gasteiger partial charge in [0.25, 0.3) is 0 Å². The van der Waals surface area contributed by atoms with E-state index < -0.39 is 5.82 Å². The van der Waals surface area contributed by atoms with Gasteiger partial charge in [-0.15, -0.1) is 0 Å². The van der Waals surface area contributed by atoms with Gasteiger partial charge in [-0.3, -0.25) is 24.8 Å². The number of benzene rings is 2. The van der Waals surface area contributed by atoms with Gasteiger partial charge >= 0.3 is 0 Å². The summed E-state index contributed by atoms with van der Waals surface area (Å²) in [5.74, 6) is 0.779. The maximum atomic E-state index is 14.8. The van der Waals surface area contributed by atoms with Crippen molar-refractivity contribution in [2.45, 2.75) is 32.1 Å². The van der Waals surface area contributed by atoms with Crippen molar-refractivity contribution >= 4 is 33.5 Å². The van der Waals surface area contributed by atoms with Gasteiger partial charge < -0.3 is 15.0 Å². The van der Waals surface area contributed by atoms with Gasteiger partial charge in [0.05, 0.1) is 28.6 Å². The molecule has 46 heavy (non-hydrogen) atoms. The number of pyridine rings is 2. The molecule has 0 radical (unpaired) electrons. The molecule has 0 atom stereocenters. The quantitative estimate of drug-likeness (QED) is 0.168. The molecule has 0 bridgehead atoms. The third-order valence-corrected chi connectivity index (χ3v) is 9.02. The van der Waals surface area contributed by atoms with Crippen LogP contribution in [0.15, 0.2) is 67.1 Å². The summed E-state index contributed by atoms with van der Waals surface area (Å²) in [4.78, 5) is 32.1. The second-order valence-corrected chi connectivity index (χ2v) is 12.1. The minimum absolute atomic E-state index is 0.0519. The van der Waals surface area contributed by atoms with Crippen LogP contribution in [-0.4, -0.2) is 67.2 Å². The molecule has 1 aliphatic heterocycles. The summed E-state index contributed by atoms with van der Waals surface area (Å²) in [7, 11) is 0. The molecule has 3 N–H and O–H groups in total. The number of carbonyl (C=O) groups is 1. The van der Waals surface area contributed by atoms with Crippen LogP contribution in [0.25, 0.3) is 55.8 Å². The van der Waals surface area contributed by atoms with Gasteiger partial charge in [0, 0.05) is 47.4 Å². The maximum Gasteiger partial charge on any atom is 0.227 e. The zero-order valence-electron chi connectivity index (χ0n) is 25.2. The third-order valence-electron chi connectivity index (χ3n) is 9.02. The predicted molar refractivity (Wildman–Crippen MR) is 175 cm³/mol. The second kappa shape index (κ2) is 12.0. The van der Waals surface area contributed by atoms with Crippen molar-refractivity contribution in [3.8, 4) is 39.7 Å². The lowest BCUT2D eigenvalue weighted by atomic mass is 9.85. The number of nitrogens with one attached hydrogen (secondary N) is 3. The molecule has 232 valence electrons. The average molecular weight is 617 g/mol. The smallest absolute Gasteiger partial charge is 0.227 e. The third kappa shape index (κ3) is 5.58. The summed E-state index contributed by atoms with van der Waals surface area (Å²) in [6.45, 7) is 3.49. The fourth-order valence-electron chi connectivity index (χ4n) is 6.30. The van der Waals surface area contributed by atoms with E-state index in [-0.39, 0.29) is 11.8 Å². The highest BCUT2D eigenvalue weighted by Gasteiger charge is 2.25. The highest BCUT2D eigenvalue weighted by atomic mass is 19.1. The molecule has 1 saturated heterocycles. The van der Waals surface area contributed by atoms with E-state index in [1.165, 1.54) is 25.0 Å². The SMILES string of the molecule is O=C(Nc1cncc(-c2ccc3[nH]nc(-c4nc5c(-c6cc(F)cc(OCCN7CCCC7)c6)nccc5[nH]4)c3c2)c1)C1CCC1. The summed E-state index contributed by atoms with van der Waals surface area (Å²) in [6.07, 6.45) is 10.5. The Hall–Kier alpha value is -5.16. The first-order valence-corrected chi connectivity index (χ1v) is 15.8. The number of carbonyl (C=O) groups excluding carboxylic acids is 1. The number of fused-ring (bicyclic) bond motifs is 2. The van der Waals surface area contributed by atoms with Crippen LogP contribution in [0, 0.1) is 11.7 Å². The van der Waals surface area contributed by atoms with Crippen LogP contribution >= 0.6 is 0 Å². The number of ether oxygens (including phenoxy) is 1. The molecule has 1 amide bonds. The van der Waals surface area contributed by atoms with Crippen LogP contribution in [0.5, 0.6) is 5.75 Å². The summed E-state index contributed by atoms with van der Waals surface area (Å²) in [5.41, 5.74) is 6.48. The second-order valence-electron chi connectivity index (χ2n) is 12.1. The molecule has 0 unspecified atom stereocenters. The number of nitrogens with zero attached hydrogens (tertiary/aromatic N) is 5. The Labute approximate surface area is 264 Å². The predicted octanol–water partition coefficient (Wildman–Crippen LogP) is 6.58. The van der Waals surface area contributed by atoms with Crippen LogP contribution in [0.1, 0.15) is 32.1 Å². The monoisotopic (exact) mass is 616 g/mol. The van der Waals surface area contributed by atoms with Crippen molar-refractivity contribution in [1.29, 1.82) is 0 Å². The van der Waals surface area contributed by atoms with E-state index in [2.05, 4.69) is 35.4 Å². The minimum atomic E-state index is -0.393. The fourth-order valence-corrected chi connectivity index (χ4v) is 6.30. The van der Waals surface area contributed by atoms with Crippen LogP contribution in [0.3, 0.4) is 0 Å². The first-order valence-electron chi connectivity index (χ1n) is 15.8. The highest BCUT2D eigenvalue weighted by Crippen LogP contribution is 2.34. The summed E-state index contributed by atoms with van der Waals surface area (Å²) in [6, 6.07) is 14.5. The number of anilines is 1. The molecule has 2 aromatic carbocycles. The van der Waals surface area contributed by atoms with E-state index >= 15 is 0 Å². The first kappa shape index (κ1) is 28.3. The maximum absolute atomic E-state index is 14.8. The largest absolute Gasteiger partial charge is 0.492 e. The number of aromatic nitrogens is 6. The molecule has 11 heteroatoms. The van der Waals surface area contributed by atoms with Gasteiger partial charge in [-0.1, -0.05) is 12.5 Å². The molecule has 2 fully saturated rings. The lowest BCUT2D eigenvalue weighted by Crippen LogP contribution is -2.28. The zero-order valence-corrected chi connectivity index (χ0v) is 25.2. The van der Waals surface area contributed by atoms with Gasteiger partial charge in [0.1, 0.15) is 29.4 Å². The van der Waals surface area contributed by atoms with E-state index in [1.807, 2.05) is 36.4 Å². The van der Waals surface area contributed by atoms with Crippen molar-refractivity contribution in [1.82, 2.24) is 35.0 Å². The summed E-state index contributed by atoms with van der Waals surface area (Å²) >= 11 is 0. The number of imidazole rings is 1. The Morgan fingerprint density at radius 2 is 1.85 bits per heavy atom. The number of amides is 1. The van der Waals surface area contributed by atoms with Gasteiger partial charge in [0.2, 0.25) is 5.91 Å². The Morgan fingerprint density at radius 3 is 2.70 bits per heavy atom. The van der Waals surface area contributed by atoms with Gasteiger partial charge in [-0.25, -0.2) is 9.37 Å². The Bertz CT molecular complexity index is 2060. The first-order chi connectivity index (χ1) is 22.6. The number of halogens is 1. The Morgan fingerprint density at radius 1 is 0.957 bits per heavy atom. The number of rotatable bonds is 9. The summed E-state index contributed by atoms with van der Waals surface area (Å²) < 4.78 is 20.7. The van der Waals surface area contributed by atoms with Crippen LogP contribution in [0.2, 0.25) is 0 Å². The van der Waals surface area contributed by atoms with Gasteiger partial charge in [0.15, 0.2) is 5.82 Å². The molecule has 8 rings (SSSR count). The van der Waals surface area contributed by atoms with Crippen molar-refractivity contribution in [2.24, 2.45) is 5.92 Å². The number of hydrogen-bond donors (Lipinski definition) is 3. The minimum Gasteiger partial charge on any atom is -0.492 e. The lowest BCUT2D eigenvalue weighted by molar-refractivity contribution is -0.122.